The number of amides is 2. The smallest absolute Gasteiger partial charge is 0.307 e. The van der Waals surface area contributed by atoms with Crippen molar-refractivity contribution >= 4 is 45.7 Å². The van der Waals surface area contributed by atoms with E-state index in [-0.39, 0.29) is 22.5 Å². The Morgan fingerprint density at radius 1 is 0.933 bits per heavy atom. The number of carboxylic acid groups (broad SMARTS) is 1. The van der Waals surface area contributed by atoms with Gasteiger partial charge in [0, 0.05) is 35.8 Å². The third-order valence-electron chi connectivity index (χ3n) is 7.72. The van der Waals surface area contributed by atoms with Gasteiger partial charge in [-0.25, -0.2) is 4.39 Å². The predicted molar refractivity (Wildman–Crippen MR) is 166 cm³/mol. The highest BCUT2D eigenvalue weighted by Crippen LogP contribution is 2.31. The minimum atomic E-state index is -1.15. The van der Waals surface area contributed by atoms with Crippen molar-refractivity contribution < 1.29 is 28.4 Å². The molecule has 12 heteroatoms. The molecule has 5 aromatic rings. The maximum Gasteiger partial charge on any atom is 0.307 e. The summed E-state index contributed by atoms with van der Waals surface area (Å²) in [5.74, 6) is -2.07. The standard InChI is InChI=1S/C33H31FN6O5/c1-20-15-24(38-45-20)19-40-28-8-4-3-7-25(28)31(37-40)33(44)36-27-17-21(9-12-29(27)39-13-5-2-6-14-39)32(43)35-26-11-10-23(34)16-22(26)18-30(41)42/h3-4,7-12,15-17H,2,5-6,13-14,18-19H2,1H3,(H,35,43)(H,36,44)(H,41,42). The molecule has 2 aromatic heterocycles. The van der Waals surface area contributed by atoms with Crippen LogP contribution >= 0.6 is 0 Å². The maximum atomic E-state index is 13.9. The van der Waals surface area contributed by atoms with Gasteiger partial charge in [-0.1, -0.05) is 23.4 Å². The summed E-state index contributed by atoms with van der Waals surface area (Å²) in [5, 5.41) is 24.3. The van der Waals surface area contributed by atoms with Gasteiger partial charge in [-0.05, 0) is 74.2 Å². The molecular weight excluding hydrogens is 579 g/mol. The third kappa shape index (κ3) is 6.54. The van der Waals surface area contributed by atoms with Gasteiger partial charge in [0.05, 0.1) is 29.9 Å². The van der Waals surface area contributed by atoms with E-state index in [0.717, 1.165) is 55.7 Å². The van der Waals surface area contributed by atoms with Crippen LogP contribution in [0.2, 0.25) is 0 Å². The fourth-order valence-corrected chi connectivity index (χ4v) is 5.62. The second kappa shape index (κ2) is 12.6. The van der Waals surface area contributed by atoms with Crippen molar-refractivity contribution in [3.8, 4) is 0 Å². The van der Waals surface area contributed by atoms with E-state index < -0.39 is 30.0 Å². The SMILES string of the molecule is Cc1cc(Cn2nc(C(=O)Nc3cc(C(=O)Nc4ccc(F)cc4CC(=O)O)ccc3N3CCCCC3)c3ccccc32)no1. The molecule has 3 aromatic carbocycles. The summed E-state index contributed by atoms with van der Waals surface area (Å²) in [6.45, 7) is 3.72. The number of carbonyl (C=O) groups excluding carboxylic acids is 2. The molecule has 230 valence electrons. The molecule has 3 N–H and O–H groups in total. The molecule has 45 heavy (non-hydrogen) atoms. The number of rotatable bonds is 9. The fraction of sp³-hybridized carbons (Fsp3) is 0.242. The van der Waals surface area contributed by atoms with Crippen molar-refractivity contribution in [1.82, 2.24) is 14.9 Å². The highest BCUT2D eigenvalue weighted by Gasteiger charge is 2.23. The number of aromatic nitrogens is 3. The van der Waals surface area contributed by atoms with E-state index in [4.69, 9.17) is 4.52 Å². The van der Waals surface area contributed by atoms with Gasteiger partial charge in [0.15, 0.2) is 5.69 Å². The van der Waals surface area contributed by atoms with Gasteiger partial charge >= 0.3 is 5.97 Å². The number of halogens is 1. The van der Waals surface area contributed by atoms with E-state index in [9.17, 15) is 23.9 Å². The molecule has 0 unspecified atom stereocenters. The van der Waals surface area contributed by atoms with Crippen molar-refractivity contribution in [2.24, 2.45) is 0 Å². The lowest BCUT2D eigenvalue weighted by Gasteiger charge is -2.30. The largest absolute Gasteiger partial charge is 0.481 e. The molecule has 0 spiro atoms. The van der Waals surface area contributed by atoms with Gasteiger partial charge in [-0.2, -0.15) is 5.10 Å². The number of anilines is 3. The average molecular weight is 611 g/mol. The Hall–Kier alpha value is -5.52. The van der Waals surface area contributed by atoms with E-state index in [0.29, 0.717) is 29.1 Å². The number of nitrogens with zero attached hydrogens (tertiary/aromatic N) is 4. The van der Waals surface area contributed by atoms with Gasteiger partial charge in [0.25, 0.3) is 11.8 Å². The quantitative estimate of drug-likeness (QED) is 0.195. The van der Waals surface area contributed by atoms with Crippen molar-refractivity contribution in [3.05, 3.63) is 101 Å². The van der Waals surface area contributed by atoms with Crippen molar-refractivity contribution in [3.63, 3.8) is 0 Å². The first kappa shape index (κ1) is 29.5. The molecule has 1 aliphatic heterocycles. The van der Waals surface area contributed by atoms with Crippen LogP contribution in [0.25, 0.3) is 10.9 Å². The molecule has 0 atom stereocenters. The summed E-state index contributed by atoms with van der Waals surface area (Å²) < 4.78 is 20.7. The summed E-state index contributed by atoms with van der Waals surface area (Å²) in [6.07, 6.45) is 2.66. The van der Waals surface area contributed by atoms with Crippen LogP contribution in [0.1, 0.15) is 57.1 Å². The van der Waals surface area contributed by atoms with Crippen LogP contribution in [0, 0.1) is 12.7 Å². The summed E-state index contributed by atoms with van der Waals surface area (Å²) in [5.41, 5.74) is 3.41. The Kier molecular flexibility index (Phi) is 8.28. The number of carbonyl (C=O) groups is 3. The van der Waals surface area contributed by atoms with Crippen LogP contribution in [0.15, 0.2) is 71.3 Å². The van der Waals surface area contributed by atoms with Crippen LogP contribution in [0.5, 0.6) is 0 Å². The minimum Gasteiger partial charge on any atom is -0.481 e. The Labute approximate surface area is 257 Å². The maximum absolute atomic E-state index is 13.9. The average Bonchev–Trinajstić information content (AvgIpc) is 3.61. The Balaban J connectivity index is 1.32. The van der Waals surface area contributed by atoms with Gasteiger partial charge < -0.3 is 25.2 Å². The summed E-state index contributed by atoms with van der Waals surface area (Å²) in [6, 6.07) is 17.8. The molecule has 0 radical (unpaired) electrons. The lowest BCUT2D eigenvalue weighted by molar-refractivity contribution is -0.136. The number of nitrogens with one attached hydrogen (secondary N) is 2. The van der Waals surface area contributed by atoms with Gasteiger partial charge in [-0.3, -0.25) is 19.1 Å². The van der Waals surface area contributed by atoms with E-state index >= 15 is 0 Å². The monoisotopic (exact) mass is 610 g/mol. The summed E-state index contributed by atoms with van der Waals surface area (Å²) in [4.78, 5) is 40.7. The van der Waals surface area contributed by atoms with E-state index in [1.807, 2.05) is 30.3 Å². The lowest BCUT2D eigenvalue weighted by Crippen LogP contribution is -2.30. The van der Waals surface area contributed by atoms with E-state index in [2.05, 4.69) is 25.8 Å². The first-order valence-corrected chi connectivity index (χ1v) is 14.6. The normalized spacial score (nSPS) is 13.2. The molecule has 11 nitrogen and oxygen atoms in total. The van der Waals surface area contributed by atoms with Crippen LogP contribution < -0.4 is 15.5 Å². The number of hydrogen-bond acceptors (Lipinski definition) is 7. The highest BCUT2D eigenvalue weighted by molar-refractivity contribution is 6.13. The Morgan fingerprint density at radius 2 is 1.71 bits per heavy atom. The topological polar surface area (TPSA) is 143 Å². The minimum absolute atomic E-state index is 0.137. The van der Waals surface area contributed by atoms with Gasteiger partial charge in [0.2, 0.25) is 0 Å². The van der Waals surface area contributed by atoms with Crippen LogP contribution in [-0.4, -0.2) is 50.9 Å². The molecule has 1 saturated heterocycles. The molecule has 1 fully saturated rings. The molecule has 3 heterocycles. The molecule has 6 rings (SSSR count). The van der Waals surface area contributed by atoms with E-state index in [1.54, 1.807) is 29.8 Å². The summed E-state index contributed by atoms with van der Waals surface area (Å²) in [7, 11) is 0. The number of hydrogen-bond donors (Lipinski definition) is 3. The Bertz CT molecular complexity index is 1910. The number of fused-ring (bicyclic) bond motifs is 1. The first-order chi connectivity index (χ1) is 21.7. The van der Waals surface area contributed by atoms with Crippen LogP contribution in [-0.2, 0) is 17.8 Å². The second-order valence-corrected chi connectivity index (χ2v) is 11.0. The molecule has 1 aliphatic rings. The second-order valence-electron chi connectivity index (χ2n) is 11.0. The van der Waals surface area contributed by atoms with Crippen molar-refractivity contribution in [2.75, 3.05) is 28.6 Å². The van der Waals surface area contributed by atoms with Crippen LogP contribution in [0.3, 0.4) is 0 Å². The Morgan fingerprint density at radius 3 is 2.47 bits per heavy atom. The number of piperidine rings is 1. The zero-order valence-electron chi connectivity index (χ0n) is 24.5. The van der Waals surface area contributed by atoms with Crippen molar-refractivity contribution in [1.29, 1.82) is 0 Å². The van der Waals surface area contributed by atoms with E-state index in [1.165, 1.54) is 6.07 Å². The number of aliphatic carboxylic acids is 1. The summed E-state index contributed by atoms with van der Waals surface area (Å²) >= 11 is 0. The molecule has 0 aliphatic carbocycles. The number of carboxylic acids is 1. The lowest BCUT2D eigenvalue weighted by atomic mass is 10.1. The number of aryl methyl sites for hydroxylation is 1. The molecule has 0 saturated carbocycles. The number of para-hydroxylation sites is 1. The van der Waals surface area contributed by atoms with Gasteiger partial charge in [-0.15, -0.1) is 0 Å². The zero-order chi connectivity index (χ0) is 31.5. The van der Waals surface area contributed by atoms with Crippen molar-refractivity contribution in [2.45, 2.75) is 39.2 Å². The molecule has 2 amide bonds. The highest BCUT2D eigenvalue weighted by atomic mass is 19.1. The number of benzene rings is 3. The first-order valence-electron chi connectivity index (χ1n) is 14.6. The predicted octanol–water partition coefficient (Wildman–Crippen LogP) is 5.64. The fourth-order valence-electron chi connectivity index (χ4n) is 5.62. The molecule has 0 bridgehead atoms. The van der Waals surface area contributed by atoms with Gasteiger partial charge in [0.1, 0.15) is 17.3 Å². The third-order valence-corrected chi connectivity index (χ3v) is 7.72. The molecular formula is C33H31FN6O5. The van der Waals surface area contributed by atoms with Crippen LogP contribution in [0.4, 0.5) is 21.5 Å². The zero-order valence-corrected chi connectivity index (χ0v) is 24.5.